The molecule has 0 saturated carbocycles. The highest BCUT2D eigenvalue weighted by Gasteiger charge is 2.10. The van der Waals surface area contributed by atoms with Crippen LogP contribution in [0.4, 0.5) is 5.69 Å². The van der Waals surface area contributed by atoms with E-state index in [0.717, 1.165) is 11.3 Å². The minimum absolute atomic E-state index is 0.0412. The molecule has 2 rings (SSSR count). The first-order valence-corrected chi connectivity index (χ1v) is 7.67. The number of amides is 1. The zero-order chi connectivity index (χ0) is 16.8. The van der Waals surface area contributed by atoms with Gasteiger partial charge in [-0.1, -0.05) is 38.1 Å². The van der Waals surface area contributed by atoms with E-state index >= 15 is 0 Å². The van der Waals surface area contributed by atoms with Crippen molar-refractivity contribution in [3.8, 4) is 11.5 Å². The molecule has 0 radical (unpaired) electrons. The van der Waals surface area contributed by atoms with Crippen LogP contribution in [0, 0.1) is 6.92 Å². The van der Waals surface area contributed by atoms with Crippen molar-refractivity contribution < 1.29 is 14.3 Å². The third kappa shape index (κ3) is 4.49. The zero-order valence-corrected chi connectivity index (χ0v) is 14.1. The van der Waals surface area contributed by atoms with Gasteiger partial charge in [-0.05, 0) is 42.2 Å². The Labute approximate surface area is 137 Å². The number of anilines is 1. The average Bonchev–Trinajstić information content (AvgIpc) is 2.54. The summed E-state index contributed by atoms with van der Waals surface area (Å²) >= 11 is 0. The Morgan fingerprint density at radius 3 is 2.57 bits per heavy atom. The SMILES string of the molecule is COc1ccccc1NC(=O)COc1cc(C(C)C)ccc1C. The van der Waals surface area contributed by atoms with Crippen LogP contribution in [0.1, 0.15) is 30.9 Å². The lowest BCUT2D eigenvalue weighted by molar-refractivity contribution is -0.118. The van der Waals surface area contributed by atoms with Gasteiger partial charge in [0.1, 0.15) is 11.5 Å². The van der Waals surface area contributed by atoms with Gasteiger partial charge in [-0.15, -0.1) is 0 Å². The van der Waals surface area contributed by atoms with Crippen LogP contribution in [-0.4, -0.2) is 19.6 Å². The Hall–Kier alpha value is -2.49. The second-order valence-corrected chi connectivity index (χ2v) is 5.72. The first-order valence-electron chi connectivity index (χ1n) is 7.67. The quantitative estimate of drug-likeness (QED) is 0.871. The molecule has 4 heteroatoms. The van der Waals surface area contributed by atoms with E-state index in [2.05, 4.69) is 25.2 Å². The van der Waals surface area contributed by atoms with Crippen molar-refractivity contribution >= 4 is 11.6 Å². The highest BCUT2D eigenvalue weighted by Crippen LogP contribution is 2.25. The van der Waals surface area contributed by atoms with E-state index in [9.17, 15) is 4.79 Å². The van der Waals surface area contributed by atoms with Crippen LogP contribution in [-0.2, 0) is 4.79 Å². The summed E-state index contributed by atoms with van der Waals surface area (Å²) in [5, 5.41) is 2.80. The fraction of sp³-hybridized carbons (Fsp3) is 0.316. The van der Waals surface area contributed by atoms with E-state index in [1.165, 1.54) is 5.56 Å². The van der Waals surface area contributed by atoms with Crippen molar-refractivity contribution in [2.45, 2.75) is 26.7 Å². The molecule has 0 aliphatic heterocycles. The zero-order valence-electron chi connectivity index (χ0n) is 14.1. The van der Waals surface area contributed by atoms with E-state index in [0.29, 0.717) is 17.4 Å². The standard InChI is InChI=1S/C19H23NO3/c1-13(2)15-10-9-14(3)18(11-15)23-12-19(21)20-16-7-5-6-8-17(16)22-4/h5-11,13H,12H2,1-4H3,(H,20,21). The summed E-state index contributed by atoms with van der Waals surface area (Å²) in [5.74, 6) is 1.56. The van der Waals surface area contributed by atoms with E-state index < -0.39 is 0 Å². The number of nitrogens with one attached hydrogen (secondary N) is 1. The van der Waals surface area contributed by atoms with E-state index in [1.807, 2.05) is 31.2 Å². The summed E-state index contributed by atoms with van der Waals surface area (Å²) in [6.45, 7) is 6.18. The van der Waals surface area contributed by atoms with Gasteiger partial charge in [0.2, 0.25) is 0 Å². The number of methoxy groups -OCH3 is 1. The Bertz CT molecular complexity index is 680. The second kappa shape index (κ2) is 7.68. The Morgan fingerprint density at radius 2 is 1.87 bits per heavy atom. The lowest BCUT2D eigenvalue weighted by Gasteiger charge is -2.13. The van der Waals surface area contributed by atoms with Crippen molar-refractivity contribution in [3.05, 3.63) is 53.6 Å². The molecule has 0 saturated heterocycles. The van der Waals surface area contributed by atoms with Gasteiger partial charge in [0, 0.05) is 0 Å². The van der Waals surface area contributed by atoms with Crippen molar-refractivity contribution in [1.82, 2.24) is 0 Å². The predicted molar refractivity (Wildman–Crippen MR) is 92.4 cm³/mol. The first kappa shape index (κ1) is 16.9. The fourth-order valence-corrected chi connectivity index (χ4v) is 2.21. The molecule has 0 aromatic heterocycles. The van der Waals surface area contributed by atoms with Crippen LogP contribution >= 0.6 is 0 Å². The third-order valence-corrected chi connectivity index (χ3v) is 3.62. The highest BCUT2D eigenvalue weighted by molar-refractivity contribution is 5.93. The molecule has 0 bridgehead atoms. The van der Waals surface area contributed by atoms with Crippen molar-refractivity contribution in [2.24, 2.45) is 0 Å². The normalized spacial score (nSPS) is 10.5. The number of ether oxygens (including phenoxy) is 2. The monoisotopic (exact) mass is 313 g/mol. The molecule has 0 atom stereocenters. The Balaban J connectivity index is 2.00. The van der Waals surface area contributed by atoms with Crippen LogP contribution in [0.3, 0.4) is 0 Å². The number of carbonyl (C=O) groups is 1. The van der Waals surface area contributed by atoms with Gasteiger partial charge in [0.05, 0.1) is 12.8 Å². The fourth-order valence-electron chi connectivity index (χ4n) is 2.21. The van der Waals surface area contributed by atoms with E-state index in [4.69, 9.17) is 9.47 Å². The number of carbonyl (C=O) groups excluding carboxylic acids is 1. The molecule has 2 aromatic carbocycles. The third-order valence-electron chi connectivity index (χ3n) is 3.62. The molecule has 0 aliphatic carbocycles. The number of hydrogen-bond acceptors (Lipinski definition) is 3. The van der Waals surface area contributed by atoms with Crippen LogP contribution in [0.5, 0.6) is 11.5 Å². The van der Waals surface area contributed by atoms with Gasteiger partial charge in [-0.25, -0.2) is 0 Å². The van der Waals surface area contributed by atoms with Gasteiger partial charge >= 0.3 is 0 Å². The summed E-state index contributed by atoms with van der Waals surface area (Å²) in [4.78, 5) is 12.1. The van der Waals surface area contributed by atoms with Crippen LogP contribution in [0.25, 0.3) is 0 Å². The van der Waals surface area contributed by atoms with Gasteiger partial charge < -0.3 is 14.8 Å². The number of benzene rings is 2. The summed E-state index contributed by atoms with van der Waals surface area (Å²) in [6.07, 6.45) is 0. The smallest absolute Gasteiger partial charge is 0.262 e. The molecule has 2 aromatic rings. The summed E-state index contributed by atoms with van der Waals surface area (Å²) < 4.78 is 10.9. The molecule has 0 fully saturated rings. The van der Waals surface area contributed by atoms with E-state index in [1.54, 1.807) is 19.2 Å². The maximum atomic E-state index is 12.1. The molecule has 0 spiro atoms. The van der Waals surface area contributed by atoms with Crippen LogP contribution < -0.4 is 14.8 Å². The number of para-hydroxylation sites is 2. The average molecular weight is 313 g/mol. The molecule has 1 N–H and O–H groups in total. The maximum absolute atomic E-state index is 12.1. The summed E-state index contributed by atoms with van der Waals surface area (Å²) in [7, 11) is 1.57. The molecule has 122 valence electrons. The van der Waals surface area contributed by atoms with Crippen LogP contribution in [0.2, 0.25) is 0 Å². The van der Waals surface area contributed by atoms with Gasteiger partial charge in [-0.2, -0.15) is 0 Å². The lowest BCUT2D eigenvalue weighted by atomic mass is 10.0. The molecule has 1 amide bonds. The topological polar surface area (TPSA) is 47.6 Å². The highest BCUT2D eigenvalue weighted by atomic mass is 16.5. The Morgan fingerprint density at radius 1 is 1.13 bits per heavy atom. The maximum Gasteiger partial charge on any atom is 0.262 e. The molecular weight excluding hydrogens is 290 g/mol. The lowest BCUT2D eigenvalue weighted by Crippen LogP contribution is -2.20. The van der Waals surface area contributed by atoms with Crippen molar-refractivity contribution in [3.63, 3.8) is 0 Å². The first-order chi connectivity index (χ1) is 11.0. The summed E-state index contributed by atoms with van der Waals surface area (Å²) in [5.41, 5.74) is 2.84. The van der Waals surface area contributed by atoms with Gasteiger partial charge in [-0.3, -0.25) is 4.79 Å². The molecule has 23 heavy (non-hydrogen) atoms. The summed E-state index contributed by atoms with van der Waals surface area (Å²) in [6, 6.07) is 13.4. The molecular formula is C19H23NO3. The minimum Gasteiger partial charge on any atom is -0.495 e. The molecule has 0 unspecified atom stereocenters. The predicted octanol–water partition coefficient (Wildman–Crippen LogP) is 4.14. The van der Waals surface area contributed by atoms with Crippen molar-refractivity contribution in [1.29, 1.82) is 0 Å². The second-order valence-electron chi connectivity index (χ2n) is 5.72. The number of hydrogen-bond donors (Lipinski definition) is 1. The van der Waals surface area contributed by atoms with Crippen molar-refractivity contribution in [2.75, 3.05) is 19.0 Å². The molecule has 0 aliphatic rings. The Kier molecular flexibility index (Phi) is 5.63. The van der Waals surface area contributed by atoms with Gasteiger partial charge in [0.25, 0.3) is 5.91 Å². The number of aryl methyl sites for hydroxylation is 1. The minimum atomic E-state index is -0.219. The van der Waals surface area contributed by atoms with Crippen LogP contribution in [0.15, 0.2) is 42.5 Å². The molecule has 0 heterocycles. The van der Waals surface area contributed by atoms with Gasteiger partial charge in [0.15, 0.2) is 6.61 Å². The largest absolute Gasteiger partial charge is 0.495 e. The molecule has 4 nitrogen and oxygen atoms in total. The van der Waals surface area contributed by atoms with E-state index in [-0.39, 0.29) is 12.5 Å². The number of rotatable bonds is 6.